The number of piperazine rings is 1. The molecule has 0 radical (unpaired) electrons. The fourth-order valence-electron chi connectivity index (χ4n) is 4.01. The molecule has 26 heavy (non-hydrogen) atoms. The average Bonchev–Trinajstić information content (AvgIpc) is 2.70. The van der Waals surface area contributed by atoms with E-state index in [2.05, 4.69) is 59.1 Å². The molecule has 1 aromatic carbocycles. The number of piperidine rings is 1. The second-order valence-corrected chi connectivity index (χ2v) is 8.44. The highest BCUT2D eigenvalue weighted by Gasteiger charge is 2.24. The Morgan fingerprint density at radius 3 is 2.23 bits per heavy atom. The number of hydrogen-bond acceptors (Lipinski definition) is 4. The Labute approximate surface area is 166 Å². The minimum atomic E-state index is 0.701. The molecule has 2 fully saturated rings. The highest BCUT2D eigenvalue weighted by atomic mass is 32.2. The molecule has 0 aromatic heterocycles. The van der Waals surface area contributed by atoms with Crippen molar-refractivity contribution in [1.29, 1.82) is 0 Å². The van der Waals surface area contributed by atoms with Crippen molar-refractivity contribution in [2.24, 2.45) is 5.92 Å². The lowest BCUT2D eigenvalue weighted by molar-refractivity contribution is 0.0931. The molecule has 0 unspecified atom stereocenters. The van der Waals surface area contributed by atoms with Gasteiger partial charge in [-0.2, -0.15) is 0 Å². The van der Waals surface area contributed by atoms with E-state index >= 15 is 0 Å². The molecule has 148 valence electrons. The van der Waals surface area contributed by atoms with Crippen LogP contribution in [0.15, 0.2) is 29.2 Å². The summed E-state index contributed by atoms with van der Waals surface area (Å²) in [6, 6.07) is 9.72. The van der Waals surface area contributed by atoms with Gasteiger partial charge >= 0.3 is 0 Å². The van der Waals surface area contributed by atoms with E-state index in [9.17, 15) is 0 Å². The Hall–Kier alpha value is -0.710. The Morgan fingerprint density at radius 2 is 1.65 bits per heavy atom. The molecule has 0 atom stereocenters. The summed E-state index contributed by atoms with van der Waals surface area (Å²) in [5.74, 6) is 0.885. The molecule has 3 rings (SSSR count). The predicted octanol–water partition coefficient (Wildman–Crippen LogP) is 4.68. The van der Waals surface area contributed by atoms with Crippen LogP contribution >= 0.6 is 11.8 Å². The standard InChI is InChI=1S/C20H33N3S.C2H6/c1-17(2)22-13-11-21(12-14-22)16-18-7-9-23(10-8-18)19-5-4-6-20(15-19)24-3;1-2/h4-6,15,17-18H,7-14,16H2,1-3H3;1-2H3. The molecule has 0 aliphatic carbocycles. The second kappa shape index (κ2) is 11.2. The van der Waals surface area contributed by atoms with Gasteiger partial charge in [0, 0.05) is 62.4 Å². The monoisotopic (exact) mass is 377 g/mol. The van der Waals surface area contributed by atoms with Crippen molar-refractivity contribution in [3.63, 3.8) is 0 Å². The van der Waals surface area contributed by atoms with Crippen LogP contribution in [0.1, 0.15) is 40.5 Å². The first-order valence-electron chi connectivity index (χ1n) is 10.5. The van der Waals surface area contributed by atoms with Gasteiger partial charge in [0.05, 0.1) is 0 Å². The van der Waals surface area contributed by atoms with Gasteiger partial charge in [-0.05, 0) is 57.1 Å². The van der Waals surface area contributed by atoms with Crippen LogP contribution in [0, 0.1) is 5.92 Å². The summed E-state index contributed by atoms with van der Waals surface area (Å²) >= 11 is 1.84. The summed E-state index contributed by atoms with van der Waals surface area (Å²) in [4.78, 5) is 9.26. The highest BCUT2D eigenvalue weighted by Crippen LogP contribution is 2.27. The lowest BCUT2D eigenvalue weighted by Crippen LogP contribution is -2.50. The zero-order chi connectivity index (χ0) is 18.9. The number of nitrogens with zero attached hydrogens (tertiary/aromatic N) is 3. The predicted molar refractivity (Wildman–Crippen MR) is 118 cm³/mol. The van der Waals surface area contributed by atoms with Gasteiger partial charge in [-0.3, -0.25) is 4.90 Å². The van der Waals surface area contributed by atoms with E-state index < -0.39 is 0 Å². The SMILES string of the molecule is CC.CSc1cccc(N2CCC(CN3CCN(C(C)C)CC3)CC2)c1. The Balaban J connectivity index is 0.00000117. The van der Waals surface area contributed by atoms with Crippen molar-refractivity contribution in [1.82, 2.24) is 9.80 Å². The first kappa shape index (κ1) is 21.6. The van der Waals surface area contributed by atoms with Crippen molar-refractivity contribution in [3.05, 3.63) is 24.3 Å². The summed E-state index contributed by atoms with van der Waals surface area (Å²) < 4.78 is 0. The van der Waals surface area contributed by atoms with E-state index in [1.54, 1.807) is 0 Å². The zero-order valence-electron chi connectivity index (χ0n) is 17.6. The van der Waals surface area contributed by atoms with Gasteiger partial charge in [-0.25, -0.2) is 0 Å². The Kier molecular flexibility index (Phi) is 9.30. The minimum absolute atomic E-state index is 0.701. The fraction of sp³-hybridized carbons (Fsp3) is 0.727. The van der Waals surface area contributed by atoms with Crippen molar-refractivity contribution < 1.29 is 0 Å². The van der Waals surface area contributed by atoms with E-state index in [-0.39, 0.29) is 0 Å². The maximum atomic E-state index is 2.70. The van der Waals surface area contributed by atoms with Crippen molar-refractivity contribution in [3.8, 4) is 0 Å². The third kappa shape index (κ3) is 6.17. The van der Waals surface area contributed by atoms with Crippen LogP contribution in [0.2, 0.25) is 0 Å². The topological polar surface area (TPSA) is 9.72 Å². The molecule has 0 spiro atoms. The van der Waals surface area contributed by atoms with Gasteiger partial charge in [0.25, 0.3) is 0 Å². The van der Waals surface area contributed by atoms with Gasteiger partial charge < -0.3 is 9.80 Å². The molecule has 1 aromatic rings. The van der Waals surface area contributed by atoms with Gasteiger partial charge in [0.1, 0.15) is 0 Å². The van der Waals surface area contributed by atoms with Crippen LogP contribution in [0.25, 0.3) is 0 Å². The molecule has 0 N–H and O–H groups in total. The van der Waals surface area contributed by atoms with Crippen molar-refractivity contribution in [2.45, 2.75) is 51.5 Å². The molecule has 2 aliphatic heterocycles. The van der Waals surface area contributed by atoms with Gasteiger partial charge in [-0.15, -0.1) is 11.8 Å². The van der Waals surface area contributed by atoms with Crippen LogP contribution in [-0.4, -0.2) is 67.9 Å². The lowest BCUT2D eigenvalue weighted by Gasteiger charge is -2.40. The molecule has 0 bridgehead atoms. The molecule has 0 saturated carbocycles. The quantitative estimate of drug-likeness (QED) is 0.689. The van der Waals surface area contributed by atoms with Gasteiger partial charge in [0.15, 0.2) is 0 Å². The first-order valence-corrected chi connectivity index (χ1v) is 11.7. The normalized spacial score (nSPS) is 20.2. The molecular weight excluding hydrogens is 338 g/mol. The summed E-state index contributed by atoms with van der Waals surface area (Å²) in [6.07, 6.45) is 4.84. The smallest absolute Gasteiger partial charge is 0.0377 e. The number of hydrogen-bond donors (Lipinski definition) is 0. The second-order valence-electron chi connectivity index (χ2n) is 7.56. The van der Waals surface area contributed by atoms with Crippen LogP contribution in [0.5, 0.6) is 0 Å². The maximum Gasteiger partial charge on any atom is 0.0377 e. The van der Waals surface area contributed by atoms with E-state index in [0.29, 0.717) is 6.04 Å². The van der Waals surface area contributed by atoms with E-state index in [1.165, 1.54) is 69.2 Å². The summed E-state index contributed by atoms with van der Waals surface area (Å²) in [5.41, 5.74) is 1.41. The van der Waals surface area contributed by atoms with Crippen LogP contribution < -0.4 is 4.90 Å². The number of benzene rings is 1. The first-order chi connectivity index (χ1) is 12.7. The molecule has 2 saturated heterocycles. The Morgan fingerprint density at radius 1 is 1.00 bits per heavy atom. The molecule has 0 amide bonds. The van der Waals surface area contributed by atoms with Crippen LogP contribution in [-0.2, 0) is 0 Å². The van der Waals surface area contributed by atoms with Gasteiger partial charge in [-0.1, -0.05) is 19.9 Å². The van der Waals surface area contributed by atoms with Crippen molar-refractivity contribution >= 4 is 17.4 Å². The molecule has 2 heterocycles. The lowest BCUT2D eigenvalue weighted by atomic mass is 9.95. The average molecular weight is 378 g/mol. The van der Waals surface area contributed by atoms with Crippen molar-refractivity contribution in [2.75, 3.05) is 57.0 Å². The third-order valence-electron chi connectivity index (χ3n) is 5.69. The highest BCUT2D eigenvalue weighted by molar-refractivity contribution is 7.98. The number of thioether (sulfide) groups is 1. The largest absolute Gasteiger partial charge is 0.371 e. The zero-order valence-corrected chi connectivity index (χ0v) is 18.4. The van der Waals surface area contributed by atoms with E-state index in [4.69, 9.17) is 0 Å². The van der Waals surface area contributed by atoms with Crippen LogP contribution in [0.4, 0.5) is 5.69 Å². The fourth-order valence-corrected chi connectivity index (χ4v) is 4.46. The van der Waals surface area contributed by atoms with Crippen LogP contribution in [0.3, 0.4) is 0 Å². The molecule has 4 heteroatoms. The number of rotatable bonds is 5. The summed E-state index contributed by atoms with van der Waals surface area (Å²) in [5, 5.41) is 0. The van der Waals surface area contributed by atoms with E-state index in [1.807, 2.05) is 25.6 Å². The molecule has 2 aliphatic rings. The molecular formula is C22H39N3S. The van der Waals surface area contributed by atoms with Gasteiger partial charge in [0.2, 0.25) is 0 Å². The van der Waals surface area contributed by atoms with E-state index in [0.717, 1.165) is 5.92 Å². The summed E-state index contributed by atoms with van der Waals surface area (Å²) in [6.45, 7) is 17.4. The number of anilines is 1. The Bertz CT molecular complexity index is 504. The minimum Gasteiger partial charge on any atom is -0.371 e. The maximum absolute atomic E-state index is 2.70. The summed E-state index contributed by atoms with van der Waals surface area (Å²) in [7, 11) is 0. The molecule has 3 nitrogen and oxygen atoms in total. The third-order valence-corrected chi connectivity index (χ3v) is 6.41.